The van der Waals surface area contributed by atoms with Gasteiger partial charge in [-0.2, -0.15) is 0 Å². The molecule has 1 saturated carbocycles. The van der Waals surface area contributed by atoms with Crippen molar-refractivity contribution in [3.8, 4) is 0 Å². The van der Waals surface area contributed by atoms with E-state index in [4.69, 9.17) is 9.47 Å². The van der Waals surface area contributed by atoms with Crippen LogP contribution in [0, 0.1) is 12.8 Å². The molecule has 2 aromatic rings. The van der Waals surface area contributed by atoms with Crippen molar-refractivity contribution in [2.75, 3.05) is 26.4 Å². The van der Waals surface area contributed by atoms with Gasteiger partial charge in [0.05, 0.1) is 13.2 Å². The number of carbonyl (C=O) groups excluding carboxylic acids is 1. The van der Waals surface area contributed by atoms with E-state index in [1.54, 1.807) is 0 Å². The van der Waals surface area contributed by atoms with Gasteiger partial charge in [0, 0.05) is 53.9 Å². The largest absolute Gasteiger partial charge is 0.381 e. The Labute approximate surface area is 183 Å². The summed E-state index contributed by atoms with van der Waals surface area (Å²) in [6, 6.07) is 7.88. The second-order valence-corrected chi connectivity index (χ2v) is 8.87. The molecule has 1 aromatic carbocycles. The average molecular weight is 427 g/mol. The molecule has 0 spiro atoms. The van der Waals surface area contributed by atoms with E-state index >= 15 is 0 Å². The van der Waals surface area contributed by atoms with Crippen LogP contribution in [0.2, 0.25) is 0 Å². The van der Waals surface area contributed by atoms with Gasteiger partial charge in [-0.1, -0.05) is 31.4 Å². The Hall–Kier alpha value is -2.18. The lowest BCUT2D eigenvalue weighted by Crippen LogP contribution is -2.47. The van der Waals surface area contributed by atoms with E-state index in [1.807, 2.05) is 31.2 Å². The monoisotopic (exact) mass is 426 g/mol. The summed E-state index contributed by atoms with van der Waals surface area (Å²) < 4.78 is 11.4. The van der Waals surface area contributed by atoms with Gasteiger partial charge in [-0.15, -0.1) is 0 Å². The molecule has 2 aliphatic rings. The molecular weight excluding hydrogens is 392 g/mol. The summed E-state index contributed by atoms with van der Waals surface area (Å²) in [5, 5.41) is 0.703. The number of nitrogens with one attached hydrogen (secondary N) is 1. The van der Waals surface area contributed by atoms with Crippen LogP contribution in [-0.4, -0.2) is 48.2 Å². The van der Waals surface area contributed by atoms with E-state index in [1.165, 1.54) is 19.3 Å². The predicted molar refractivity (Wildman–Crippen MR) is 121 cm³/mol. The second-order valence-electron chi connectivity index (χ2n) is 8.87. The van der Waals surface area contributed by atoms with Crippen LogP contribution in [0.1, 0.15) is 56.2 Å². The summed E-state index contributed by atoms with van der Waals surface area (Å²) >= 11 is 0. The van der Waals surface area contributed by atoms with E-state index in [0.717, 1.165) is 36.9 Å². The quantitative estimate of drug-likeness (QED) is 0.681. The minimum absolute atomic E-state index is 0.0477. The summed E-state index contributed by atoms with van der Waals surface area (Å²) in [7, 11) is 0. The Kier molecular flexibility index (Phi) is 7.41. The van der Waals surface area contributed by atoms with Crippen LogP contribution in [0.3, 0.4) is 0 Å². The molecule has 2 fully saturated rings. The van der Waals surface area contributed by atoms with Gasteiger partial charge in [-0.3, -0.25) is 9.59 Å². The molecule has 0 bridgehead atoms. The Morgan fingerprint density at radius 1 is 1.13 bits per heavy atom. The number of para-hydroxylation sites is 1. The third-order valence-electron chi connectivity index (χ3n) is 6.84. The van der Waals surface area contributed by atoms with Crippen LogP contribution in [0.15, 0.2) is 29.1 Å². The van der Waals surface area contributed by atoms with Gasteiger partial charge >= 0.3 is 0 Å². The number of rotatable bonds is 7. The van der Waals surface area contributed by atoms with Gasteiger partial charge in [0.15, 0.2) is 5.43 Å². The molecule has 31 heavy (non-hydrogen) atoms. The minimum Gasteiger partial charge on any atom is -0.381 e. The van der Waals surface area contributed by atoms with Crippen molar-refractivity contribution >= 4 is 16.8 Å². The van der Waals surface area contributed by atoms with Crippen LogP contribution >= 0.6 is 0 Å². The van der Waals surface area contributed by atoms with E-state index in [2.05, 4.69) is 9.88 Å². The van der Waals surface area contributed by atoms with Crippen LogP contribution < -0.4 is 5.43 Å². The van der Waals surface area contributed by atoms with Crippen LogP contribution in [0.4, 0.5) is 0 Å². The summed E-state index contributed by atoms with van der Waals surface area (Å²) in [6.45, 7) is 4.63. The standard InChI is InChI=1S/C25H34N2O4/c1-18-23(26-22-10-6-5-9-21(22)24(18)28)17-31-16-13-27(20-7-3-2-4-8-20)25(29)19-11-14-30-15-12-19/h5-6,9-10,19-20H,2-4,7-8,11-17H2,1H3,(H,26,28). The third-order valence-corrected chi connectivity index (χ3v) is 6.84. The van der Waals surface area contributed by atoms with E-state index in [-0.39, 0.29) is 17.3 Å². The average Bonchev–Trinajstić information content (AvgIpc) is 2.83. The SMILES string of the molecule is Cc1c(COCCN(C(=O)C2CCOCC2)C2CCCCC2)[nH]c2ccccc2c1=O. The predicted octanol–water partition coefficient (Wildman–Crippen LogP) is 3.94. The van der Waals surface area contributed by atoms with Crippen molar-refractivity contribution < 1.29 is 14.3 Å². The number of benzene rings is 1. The molecule has 1 saturated heterocycles. The number of aromatic amines is 1. The van der Waals surface area contributed by atoms with Crippen molar-refractivity contribution in [1.29, 1.82) is 0 Å². The molecule has 6 nitrogen and oxygen atoms in total. The van der Waals surface area contributed by atoms with E-state index in [0.29, 0.717) is 50.0 Å². The Morgan fingerprint density at radius 3 is 2.65 bits per heavy atom. The van der Waals surface area contributed by atoms with Crippen LogP contribution in [-0.2, 0) is 20.9 Å². The van der Waals surface area contributed by atoms with Gasteiger partial charge in [-0.05, 0) is 44.7 Å². The molecule has 2 heterocycles. The highest BCUT2D eigenvalue weighted by atomic mass is 16.5. The summed E-state index contributed by atoms with van der Waals surface area (Å²) in [4.78, 5) is 31.3. The first-order valence-corrected chi connectivity index (χ1v) is 11.7. The molecule has 4 rings (SSSR count). The Bertz CT molecular complexity index is 942. The molecule has 1 aliphatic heterocycles. The number of hydrogen-bond acceptors (Lipinski definition) is 4. The van der Waals surface area contributed by atoms with E-state index < -0.39 is 0 Å². The molecule has 1 N–H and O–H groups in total. The van der Waals surface area contributed by atoms with Crippen molar-refractivity contribution in [3.05, 3.63) is 45.7 Å². The third kappa shape index (κ3) is 5.18. The molecule has 0 unspecified atom stereocenters. The number of hydrogen-bond donors (Lipinski definition) is 1. The Morgan fingerprint density at radius 2 is 1.87 bits per heavy atom. The van der Waals surface area contributed by atoms with Crippen molar-refractivity contribution in [3.63, 3.8) is 0 Å². The maximum absolute atomic E-state index is 13.3. The number of amides is 1. The number of nitrogens with zero attached hydrogens (tertiary/aromatic N) is 1. The molecule has 6 heteroatoms. The fourth-order valence-corrected chi connectivity index (χ4v) is 4.91. The summed E-state index contributed by atoms with van der Waals surface area (Å²) in [5.74, 6) is 0.351. The number of ether oxygens (including phenoxy) is 2. The lowest BCUT2D eigenvalue weighted by molar-refractivity contribution is -0.142. The number of aromatic nitrogens is 1. The van der Waals surface area contributed by atoms with Gasteiger partial charge in [0.2, 0.25) is 5.91 Å². The van der Waals surface area contributed by atoms with Gasteiger partial charge in [0.25, 0.3) is 0 Å². The van der Waals surface area contributed by atoms with Gasteiger partial charge in [0.1, 0.15) is 0 Å². The fourth-order valence-electron chi connectivity index (χ4n) is 4.91. The topological polar surface area (TPSA) is 71.6 Å². The normalized spacial score (nSPS) is 18.4. The molecular formula is C25H34N2O4. The summed E-state index contributed by atoms with van der Waals surface area (Å²) in [5.41, 5.74) is 2.38. The maximum atomic E-state index is 13.3. The fraction of sp³-hybridized carbons (Fsp3) is 0.600. The lowest BCUT2D eigenvalue weighted by atomic mass is 9.91. The van der Waals surface area contributed by atoms with Crippen LogP contribution in [0.5, 0.6) is 0 Å². The molecule has 0 radical (unpaired) electrons. The number of pyridine rings is 1. The zero-order chi connectivity index (χ0) is 21.6. The minimum atomic E-state index is 0.0477. The van der Waals surface area contributed by atoms with Crippen molar-refractivity contribution in [1.82, 2.24) is 9.88 Å². The first-order chi connectivity index (χ1) is 15.1. The lowest BCUT2D eigenvalue weighted by Gasteiger charge is -2.37. The zero-order valence-electron chi connectivity index (χ0n) is 18.5. The van der Waals surface area contributed by atoms with Gasteiger partial charge < -0.3 is 19.4 Å². The van der Waals surface area contributed by atoms with Crippen molar-refractivity contribution in [2.45, 2.75) is 64.5 Å². The van der Waals surface area contributed by atoms with Crippen LogP contribution in [0.25, 0.3) is 10.9 Å². The highest BCUT2D eigenvalue weighted by Crippen LogP contribution is 2.26. The van der Waals surface area contributed by atoms with Crippen molar-refractivity contribution in [2.24, 2.45) is 5.92 Å². The number of H-pyrrole nitrogens is 1. The van der Waals surface area contributed by atoms with Gasteiger partial charge in [-0.25, -0.2) is 0 Å². The first kappa shape index (κ1) is 22.0. The smallest absolute Gasteiger partial charge is 0.226 e. The number of fused-ring (bicyclic) bond motifs is 1. The number of carbonyl (C=O) groups is 1. The summed E-state index contributed by atoms with van der Waals surface area (Å²) in [6.07, 6.45) is 7.47. The maximum Gasteiger partial charge on any atom is 0.226 e. The molecule has 168 valence electrons. The highest BCUT2D eigenvalue weighted by molar-refractivity contribution is 5.79. The molecule has 1 aromatic heterocycles. The highest BCUT2D eigenvalue weighted by Gasteiger charge is 2.31. The van der Waals surface area contributed by atoms with E-state index in [9.17, 15) is 9.59 Å². The Balaban J connectivity index is 1.39. The molecule has 0 atom stereocenters. The first-order valence-electron chi connectivity index (χ1n) is 11.7. The zero-order valence-corrected chi connectivity index (χ0v) is 18.5. The second kappa shape index (κ2) is 10.4. The molecule has 1 amide bonds. The molecule has 1 aliphatic carbocycles.